The lowest BCUT2D eigenvalue weighted by atomic mass is 10.1. The van der Waals surface area contributed by atoms with Gasteiger partial charge in [-0.3, -0.25) is 0 Å². The molecule has 1 aromatic carbocycles. The van der Waals surface area contributed by atoms with Gasteiger partial charge in [-0.2, -0.15) is 0 Å². The first-order valence-corrected chi connectivity index (χ1v) is 6.27. The number of aryl methyl sites for hydroxylation is 1. The van der Waals surface area contributed by atoms with Crippen LogP contribution in [0.15, 0.2) is 24.3 Å². The van der Waals surface area contributed by atoms with Gasteiger partial charge in [-0.05, 0) is 24.0 Å². The van der Waals surface area contributed by atoms with E-state index in [2.05, 4.69) is 0 Å². The van der Waals surface area contributed by atoms with Crippen molar-refractivity contribution in [1.29, 1.82) is 0 Å². The van der Waals surface area contributed by atoms with Crippen LogP contribution in [0, 0.1) is 0 Å². The van der Waals surface area contributed by atoms with Crippen LogP contribution in [0.25, 0.3) is 0 Å². The van der Waals surface area contributed by atoms with E-state index in [4.69, 9.17) is 0 Å². The molecule has 0 aliphatic carbocycles. The van der Waals surface area contributed by atoms with Gasteiger partial charge in [0.2, 0.25) is 0 Å². The van der Waals surface area contributed by atoms with Gasteiger partial charge < -0.3 is 0 Å². The fraction of sp³-hybridized carbons (Fsp3) is 0.400. The lowest BCUT2D eigenvalue weighted by Crippen LogP contribution is -2.06. The van der Waals surface area contributed by atoms with E-state index in [1.807, 2.05) is 24.3 Å². The molecule has 0 fully saturated rings. The Morgan fingerprint density at radius 1 is 1.08 bits per heavy atom. The van der Waals surface area contributed by atoms with Crippen molar-refractivity contribution in [2.24, 2.45) is 0 Å². The van der Waals surface area contributed by atoms with Crippen LogP contribution >= 0.6 is 0 Å². The van der Waals surface area contributed by atoms with Crippen LogP contribution in [0.1, 0.15) is 17.5 Å². The minimum atomic E-state index is -2.83. The molecule has 0 N–H and O–H groups in total. The van der Waals surface area contributed by atoms with E-state index < -0.39 is 9.84 Å². The molecule has 1 aromatic rings. The third kappa shape index (κ3) is 1.91. The summed E-state index contributed by atoms with van der Waals surface area (Å²) in [5.74, 6) is 0.560. The van der Waals surface area contributed by atoms with Crippen LogP contribution in [0.2, 0.25) is 0 Å². The molecule has 70 valence electrons. The van der Waals surface area contributed by atoms with Crippen molar-refractivity contribution in [2.75, 3.05) is 5.75 Å². The van der Waals surface area contributed by atoms with Crippen LogP contribution in [-0.4, -0.2) is 14.2 Å². The number of sulfone groups is 1. The highest BCUT2D eigenvalue weighted by Gasteiger charge is 2.17. The van der Waals surface area contributed by atoms with E-state index >= 15 is 0 Å². The molecule has 1 aliphatic rings. The summed E-state index contributed by atoms with van der Waals surface area (Å²) < 4.78 is 22.9. The molecular formula is C10H12O2S. The summed E-state index contributed by atoms with van der Waals surface area (Å²) in [6.07, 6.45) is 1.66. The van der Waals surface area contributed by atoms with Crippen LogP contribution < -0.4 is 0 Å². The third-order valence-corrected chi connectivity index (χ3v) is 4.06. The van der Waals surface area contributed by atoms with E-state index in [0.29, 0.717) is 5.75 Å². The van der Waals surface area contributed by atoms with Gasteiger partial charge in [-0.15, -0.1) is 0 Å². The topological polar surface area (TPSA) is 34.1 Å². The van der Waals surface area contributed by atoms with E-state index in [-0.39, 0.29) is 5.75 Å². The van der Waals surface area contributed by atoms with E-state index in [1.165, 1.54) is 5.56 Å². The zero-order chi connectivity index (χ0) is 9.31. The van der Waals surface area contributed by atoms with Gasteiger partial charge in [0.25, 0.3) is 0 Å². The quantitative estimate of drug-likeness (QED) is 0.631. The molecule has 2 nitrogen and oxygen atoms in total. The van der Waals surface area contributed by atoms with E-state index in [9.17, 15) is 8.42 Å². The molecule has 0 amide bonds. The number of rotatable bonds is 0. The largest absolute Gasteiger partial charge is 0.228 e. The zero-order valence-electron chi connectivity index (χ0n) is 7.36. The number of benzene rings is 1. The van der Waals surface area contributed by atoms with E-state index in [0.717, 1.165) is 18.4 Å². The summed E-state index contributed by atoms with van der Waals surface area (Å²) >= 11 is 0. The Morgan fingerprint density at radius 2 is 1.77 bits per heavy atom. The normalized spacial score (nSPS) is 20.3. The smallest absolute Gasteiger partial charge is 0.154 e. The Labute approximate surface area is 78.5 Å². The van der Waals surface area contributed by atoms with Crippen LogP contribution in [0.3, 0.4) is 0 Å². The fourth-order valence-electron chi connectivity index (χ4n) is 1.73. The molecule has 3 heteroatoms. The molecule has 0 saturated heterocycles. The van der Waals surface area contributed by atoms with Crippen molar-refractivity contribution < 1.29 is 8.42 Å². The predicted octanol–water partition coefficient (Wildman–Crippen LogP) is 1.55. The summed E-state index contributed by atoms with van der Waals surface area (Å²) in [5.41, 5.74) is 2.18. The monoisotopic (exact) mass is 196 g/mol. The van der Waals surface area contributed by atoms with Crippen molar-refractivity contribution in [3.8, 4) is 0 Å². The molecular weight excluding hydrogens is 184 g/mol. The average molecular weight is 196 g/mol. The summed E-state index contributed by atoms with van der Waals surface area (Å²) in [6.45, 7) is 0. The summed E-state index contributed by atoms with van der Waals surface area (Å²) in [7, 11) is -2.83. The van der Waals surface area contributed by atoms with Gasteiger partial charge in [0.05, 0.1) is 11.5 Å². The highest BCUT2D eigenvalue weighted by molar-refractivity contribution is 7.90. The van der Waals surface area contributed by atoms with Gasteiger partial charge in [-0.25, -0.2) is 8.42 Å². The molecule has 0 atom stereocenters. The minimum absolute atomic E-state index is 0.225. The number of hydrogen-bond donors (Lipinski definition) is 0. The SMILES string of the molecule is O=S1(=O)CCCc2ccccc2C1. The van der Waals surface area contributed by atoms with Crippen LogP contribution in [-0.2, 0) is 22.0 Å². The van der Waals surface area contributed by atoms with Gasteiger partial charge in [-0.1, -0.05) is 24.3 Å². The number of hydrogen-bond acceptors (Lipinski definition) is 2. The first-order valence-electron chi connectivity index (χ1n) is 4.45. The van der Waals surface area contributed by atoms with Crippen LogP contribution in [0.4, 0.5) is 0 Å². The van der Waals surface area contributed by atoms with Gasteiger partial charge >= 0.3 is 0 Å². The summed E-state index contributed by atoms with van der Waals surface area (Å²) in [5, 5.41) is 0. The van der Waals surface area contributed by atoms with Crippen molar-refractivity contribution in [3.05, 3.63) is 35.4 Å². The Hall–Kier alpha value is -0.830. The lowest BCUT2D eigenvalue weighted by molar-refractivity contribution is 0.594. The average Bonchev–Trinajstić information content (AvgIpc) is 2.21. The molecule has 0 spiro atoms. The fourth-order valence-corrected chi connectivity index (χ4v) is 3.22. The van der Waals surface area contributed by atoms with Crippen LogP contribution in [0.5, 0.6) is 0 Å². The molecule has 2 rings (SSSR count). The summed E-state index contributed by atoms with van der Waals surface area (Å²) in [6, 6.07) is 7.81. The van der Waals surface area contributed by atoms with Gasteiger partial charge in [0.1, 0.15) is 0 Å². The molecule has 0 unspecified atom stereocenters. The van der Waals surface area contributed by atoms with Crippen molar-refractivity contribution in [1.82, 2.24) is 0 Å². The Balaban J connectivity index is 2.46. The highest BCUT2D eigenvalue weighted by Crippen LogP contribution is 2.19. The maximum absolute atomic E-state index is 11.4. The van der Waals surface area contributed by atoms with E-state index in [1.54, 1.807) is 0 Å². The standard InChI is InChI=1S/C10H12O2S/c11-13(12)7-3-6-9-4-1-2-5-10(9)8-13/h1-2,4-5H,3,6-8H2. The van der Waals surface area contributed by atoms with Gasteiger partial charge in [0.15, 0.2) is 9.84 Å². The minimum Gasteiger partial charge on any atom is -0.228 e. The maximum atomic E-state index is 11.4. The van der Waals surface area contributed by atoms with Crippen molar-refractivity contribution in [2.45, 2.75) is 18.6 Å². The second-order valence-corrected chi connectivity index (χ2v) is 5.65. The second kappa shape index (κ2) is 3.14. The van der Waals surface area contributed by atoms with Crippen molar-refractivity contribution in [3.63, 3.8) is 0 Å². The Bertz CT molecular complexity index is 407. The molecule has 0 radical (unpaired) electrons. The third-order valence-electron chi connectivity index (χ3n) is 2.40. The molecule has 13 heavy (non-hydrogen) atoms. The van der Waals surface area contributed by atoms with Crippen molar-refractivity contribution >= 4 is 9.84 Å². The second-order valence-electron chi connectivity index (χ2n) is 3.46. The number of fused-ring (bicyclic) bond motifs is 1. The zero-order valence-corrected chi connectivity index (χ0v) is 8.18. The molecule has 0 bridgehead atoms. The maximum Gasteiger partial charge on any atom is 0.154 e. The Kier molecular flexibility index (Phi) is 2.12. The first-order chi connectivity index (χ1) is 6.17. The lowest BCUT2D eigenvalue weighted by Gasteiger charge is -2.02. The highest BCUT2D eigenvalue weighted by atomic mass is 32.2. The molecule has 1 aliphatic heterocycles. The first kappa shape index (κ1) is 8.75. The van der Waals surface area contributed by atoms with Gasteiger partial charge in [0, 0.05) is 0 Å². The summed E-state index contributed by atoms with van der Waals surface area (Å²) in [4.78, 5) is 0. The Morgan fingerprint density at radius 3 is 2.54 bits per heavy atom. The molecule has 0 aromatic heterocycles. The predicted molar refractivity (Wildman–Crippen MR) is 52.3 cm³/mol. The molecule has 0 saturated carbocycles. The molecule has 1 heterocycles.